The maximum Gasteiger partial charge on any atom is 0.318 e. The molecule has 0 aliphatic carbocycles. The zero-order valence-corrected chi connectivity index (χ0v) is 9.70. The summed E-state index contributed by atoms with van der Waals surface area (Å²) in [6.45, 7) is 4.32. The number of piperidine rings is 1. The molecule has 0 atom stereocenters. The van der Waals surface area contributed by atoms with Crippen molar-refractivity contribution in [3.63, 3.8) is 0 Å². The minimum Gasteiger partial charge on any atom is -0.408 e. The Labute approximate surface area is 94.6 Å². The first-order chi connectivity index (χ1) is 7.29. The Balaban J connectivity index is 1.96. The van der Waals surface area contributed by atoms with Gasteiger partial charge < -0.3 is 9.32 Å². The highest BCUT2D eigenvalue weighted by Gasteiger charge is 2.20. The summed E-state index contributed by atoms with van der Waals surface area (Å²) in [7, 11) is 0. The van der Waals surface area contributed by atoms with Crippen molar-refractivity contribution in [2.45, 2.75) is 26.2 Å². The van der Waals surface area contributed by atoms with Crippen LogP contribution in [0.1, 0.15) is 25.7 Å². The first-order valence-corrected chi connectivity index (χ1v) is 5.96. The minimum absolute atomic E-state index is 0.526. The van der Waals surface area contributed by atoms with E-state index in [4.69, 9.17) is 16.0 Å². The van der Waals surface area contributed by atoms with Crippen LogP contribution < -0.4 is 4.90 Å². The standard InChI is InChI=1S/C10H16ClN3O/c1-8-3-6-14(7-4-8)10-13-12-9(15-10)2-5-11/h8H,2-7H2,1H3. The molecule has 0 N–H and O–H groups in total. The molecule has 4 nitrogen and oxygen atoms in total. The molecule has 2 heterocycles. The molecule has 0 unspecified atom stereocenters. The van der Waals surface area contributed by atoms with Gasteiger partial charge in [0, 0.05) is 25.4 Å². The molecule has 0 bridgehead atoms. The van der Waals surface area contributed by atoms with Crippen molar-refractivity contribution in [3.8, 4) is 0 Å². The lowest BCUT2D eigenvalue weighted by atomic mass is 10.00. The van der Waals surface area contributed by atoms with E-state index >= 15 is 0 Å². The van der Waals surface area contributed by atoms with Crippen LogP contribution >= 0.6 is 11.6 Å². The number of rotatable bonds is 3. The van der Waals surface area contributed by atoms with Crippen LogP contribution in [0.15, 0.2) is 4.42 Å². The van der Waals surface area contributed by atoms with Gasteiger partial charge in [0.25, 0.3) is 0 Å². The maximum absolute atomic E-state index is 5.61. The number of nitrogens with zero attached hydrogens (tertiary/aromatic N) is 3. The van der Waals surface area contributed by atoms with Crippen molar-refractivity contribution >= 4 is 17.6 Å². The van der Waals surface area contributed by atoms with Gasteiger partial charge in [-0.3, -0.25) is 0 Å². The van der Waals surface area contributed by atoms with E-state index in [2.05, 4.69) is 22.0 Å². The number of aryl methyl sites for hydroxylation is 1. The van der Waals surface area contributed by atoms with Gasteiger partial charge in [-0.25, -0.2) is 0 Å². The second-order valence-corrected chi connectivity index (χ2v) is 4.46. The molecule has 1 aliphatic heterocycles. The van der Waals surface area contributed by atoms with Crippen molar-refractivity contribution < 1.29 is 4.42 Å². The Morgan fingerprint density at radius 3 is 2.80 bits per heavy atom. The Bertz CT molecular complexity index is 307. The molecule has 0 radical (unpaired) electrons. The fourth-order valence-corrected chi connectivity index (χ4v) is 1.92. The van der Waals surface area contributed by atoms with E-state index in [9.17, 15) is 0 Å². The first-order valence-electron chi connectivity index (χ1n) is 5.43. The van der Waals surface area contributed by atoms with Gasteiger partial charge in [0.2, 0.25) is 5.89 Å². The van der Waals surface area contributed by atoms with Crippen molar-refractivity contribution in [2.24, 2.45) is 5.92 Å². The van der Waals surface area contributed by atoms with Crippen LogP contribution in [0.4, 0.5) is 6.01 Å². The topological polar surface area (TPSA) is 42.2 Å². The third-order valence-electron chi connectivity index (χ3n) is 2.82. The smallest absolute Gasteiger partial charge is 0.318 e. The molecule has 1 aromatic heterocycles. The summed E-state index contributed by atoms with van der Waals surface area (Å²) >= 11 is 5.61. The lowest BCUT2D eigenvalue weighted by Gasteiger charge is -2.28. The molecule has 0 saturated carbocycles. The highest BCUT2D eigenvalue weighted by molar-refractivity contribution is 6.17. The van der Waals surface area contributed by atoms with Crippen LogP contribution in [-0.4, -0.2) is 29.2 Å². The van der Waals surface area contributed by atoms with Crippen LogP contribution in [-0.2, 0) is 6.42 Å². The Kier molecular flexibility index (Phi) is 3.46. The second-order valence-electron chi connectivity index (χ2n) is 4.09. The van der Waals surface area contributed by atoms with Gasteiger partial charge in [-0.1, -0.05) is 12.0 Å². The molecule has 1 aliphatic rings. The van der Waals surface area contributed by atoms with Gasteiger partial charge in [-0.05, 0) is 18.8 Å². The normalized spacial score (nSPS) is 18.4. The summed E-state index contributed by atoms with van der Waals surface area (Å²) in [4.78, 5) is 2.16. The zero-order chi connectivity index (χ0) is 10.7. The van der Waals surface area contributed by atoms with Gasteiger partial charge in [-0.2, -0.15) is 0 Å². The van der Waals surface area contributed by atoms with Gasteiger partial charge in [0.15, 0.2) is 0 Å². The summed E-state index contributed by atoms with van der Waals surface area (Å²) in [6, 6.07) is 0.655. The third kappa shape index (κ3) is 2.62. The maximum atomic E-state index is 5.61. The predicted molar refractivity (Wildman–Crippen MR) is 59.3 cm³/mol. The van der Waals surface area contributed by atoms with E-state index in [1.807, 2.05) is 0 Å². The lowest BCUT2D eigenvalue weighted by molar-refractivity contribution is 0.406. The Hall–Kier alpha value is -0.770. The van der Waals surface area contributed by atoms with Crippen molar-refractivity contribution in [3.05, 3.63) is 5.89 Å². The molecule has 1 aromatic rings. The molecule has 1 saturated heterocycles. The molecule has 0 aromatic carbocycles. The van der Waals surface area contributed by atoms with E-state index in [1.54, 1.807) is 0 Å². The van der Waals surface area contributed by atoms with Gasteiger partial charge in [-0.15, -0.1) is 16.7 Å². The molecule has 2 rings (SSSR count). The van der Waals surface area contributed by atoms with E-state index < -0.39 is 0 Å². The number of alkyl halides is 1. The number of aromatic nitrogens is 2. The Morgan fingerprint density at radius 2 is 2.13 bits per heavy atom. The molecule has 1 fully saturated rings. The van der Waals surface area contributed by atoms with E-state index in [0.29, 0.717) is 24.2 Å². The van der Waals surface area contributed by atoms with Gasteiger partial charge in [0.05, 0.1) is 0 Å². The summed E-state index contributed by atoms with van der Waals surface area (Å²) in [5.74, 6) is 1.98. The van der Waals surface area contributed by atoms with E-state index in [0.717, 1.165) is 19.0 Å². The molecule has 0 spiro atoms. The van der Waals surface area contributed by atoms with Gasteiger partial charge >= 0.3 is 6.01 Å². The van der Waals surface area contributed by atoms with Crippen LogP contribution in [0.25, 0.3) is 0 Å². The first kappa shape index (κ1) is 10.7. The summed E-state index contributed by atoms with van der Waals surface area (Å²) in [5, 5.41) is 7.99. The number of hydrogen-bond acceptors (Lipinski definition) is 4. The van der Waals surface area contributed by atoms with Crippen LogP contribution in [0.3, 0.4) is 0 Å². The highest BCUT2D eigenvalue weighted by atomic mass is 35.5. The fourth-order valence-electron chi connectivity index (χ4n) is 1.75. The molecule has 15 heavy (non-hydrogen) atoms. The zero-order valence-electron chi connectivity index (χ0n) is 8.95. The monoisotopic (exact) mass is 229 g/mol. The quantitative estimate of drug-likeness (QED) is 0.745. The van der Waals surface area contributed by atoms with Crippen molar-refractivity contribution in [1.82, 2.24) is 10.2 Å². The fraction of sp³-hybridized carbons (Fsp3) is 0.800. The molecule has 84 valence electrons. The minimum atomic E-state index is 0.526. The largest absolute Gasteiger partial charge is 0.408 e. The van der Waals surface area contributed by atoms with Crippen LogP contribution in [0.2, 0.25) is 0 Å². The number of hydrogen-bond donors (Lipinski definition) is 0. The van der Waals surface area contributed by atoms with Crippen LogP contribution in [0, 0.1) is 5.92 Å². The summed E-state index contributed by atoms with van der Waals surface area (Å²) in [6.07, 6.45) is 3.05. The average molecular weight is 230 g/mol. The number of anilines is 1. The van der Waals surface area contributed by atoms with Crippen molar-refractivity contribution in [2.75, 3.05) is 23.9 Å². The SMILES string of the molecule is CC1CCN(c2nnc(CCCl)o2)CC1. The van der Waals surface area contributed by atoms with E-state index in [1.165, 1.54) is 12.8 Å². The van der Waals surface area contributed by atoms with Crippen LogP contribution in [0.5, 0.6) is 0 Å². The predicted octanol–water partition coefficient (Wildman–Crippen LogP) is 2.09. The highest BCUT2D eigenvalue weighted by Crippen LogP contribution is 2.21. The third-order valence-corrected chi connectivity index (χ3v) is 3.01. The summed E-state index contributed by atoms with van der Waals surface area (Å²) in [5.41, 5.74) is 0. The lowest BCUT2D eigenvalue weighted by Crippen LogP contribution is -2.32. The number of halogens is 1. The molecular weight excluding hydrogens is 214 g/mol. The van der Waals surface area contributed by atoms with Gasteiger partial charge in [0.1, 0.15) is 0 Å². The van der Waals surface area contributed by atoms with E-state index in [-0.39, 0.29) is 0 Å². The summed E-state index contributed by atoms with van der Waals surface area (Å²) < 4.78 is 5.52. The second kappa shape index (κ2) is 4.84. The molecular formula is C10H16ClN3O. The molecule has 5 heteroatoms. The Morgan fingerprint density at radius 1 is 1.40 bits per heavy atom. The molecule has 0 amide bonds. The average Bonchev–Trinajstić information content (AvgIpc) is 2.68. The van der Waals surface area contributed by atoms with Crippen molar-refractivity contribution in [1.29, 1.82) is 0 Å².